The van der Waals surface area contributed by atoms with Crippen molar-refractivity contribution in [2.45, 2.75) is 25.9 Å². The molecule has 2 aliphatic heterocycles. The highest BCUT2D eigenvalue weighted by atomic mass is 19.4. The molecule has 0 saturated carbocycles. The van der Waals surface area contributed by atoms with Crippen LogP contribution in [-0.4, -0.2) is 69.0 Å². The van der Waals surface area contributed by atoms with Gasteiger partial charge >= 0.3 is 6.18 Å². The number of anilines is 3. The van der Waals surface area contributed by atoms with Gasteiger partial charge in [-0.1, -0.05) is 0 Å². The molecule has 5 rings (SSSR count). The van der Waals surface area contributed by atoms with Crippen molar-refractivity contribution in [3.05, 3.63) is 29.7 Å². The fourth-order valence-electron chi connectivity index (χ4n) is 4.05. The number of aryl methyl sites for hydroxylation is 1. The SMILES string of the molecule is Cc1cc(N2CCN(c3ccc4nnc(C(F)(F)F)n4n3)CC2)nc(N2CCCC2)n1. The zero-order valence-electron chi connectivity index (χ0n) is 17.0. The van der Waals surface area contributed by atoms with Gasteiger partial charge in [0.25, 0.3) is 5.82 Å². The minimum atomic E-state index is -4.61. The van der Waals surface area contributed by atoms with Crippen LogP contribution in [0.25, 0.3) is 5.65 Å². The highest BCUT2D eigenvalue weighted by Crippen LogP contribution is 2.28. The Morgan fingerprint density at radius 1 is 0.806 bits per heavy atom. The quantitative estimate of drug-likeness (QED) is 0.622. The Kier molecular flexibility index (Phi) is 4.78. The van der Waals surface area contributed by atoms with E-state index in [4.69, 9.17) is 4.98 Å². The fraction of sp³-hybridized carbons (Fsp3) is 0.526. The lowest BCUT2D eigenvalue weighted by Gasteiger charge is -2.36. The van der Waals surface area contributed by atoms with Crippen LogP contribution in [0.15, 0.2) is 18.2 Å². The Morgan fingerprint density at radius 3 is 2.16 bits per heavy atom. The Balaban J connectivity index is 1.33. The Hall–Kier alpha value is -3.18. The molecule has 0 amide bonds. The van der Waals surface area contributed by atoms with E-state index in [2.05, 4.69) is 30.1 Å². The van der Waals surface area contributed by atoms with Crippen molar-refractivity contribution in [3.8, 4) is 0 Å². The first-order chi connectivity index (χ1) is 14.9. The van der Waals surface area contributed by atoms with E-state index < -0.39 is 12.0 Å². The van der Waals surface area contributed by atoms with Crippen molar-refractivity contribution in [2.24, 2.45) is 0 Å². The molecule has 2 fully saturated rings. The lowest BCUT2D eigenvalue weighted by molar-refractivity contribution is -0.146. The standard InChI is InChI=1S/C19H22F3N9/c1-13-12-16(24-18(23-13)30-6-2-3-7-30)29-10-8-28(9-11-29)15-5-4-14-25-26-17(19(20,21)22)31(14)27-15/h4-5,12H,2-3,6-11H2,1H3. The summed E-state index contributed by atoms with van der Waals surface area (Å²) >= 11 is 0. The van der Waals surface area contributed by atoms with E-state index in [9.17, 15) is 13.2 Å². The predicted molar refractivity (Wildman–Crippen MR) is 108 cm³/mol. The highest BCUT2D eigenvalue weighted by molar-refractivity contribution is 5.50. The highest BCUT2D eigenvalue weighted by Gasteiger charge is 2.38. The summed E-state index contributed by atoms with van der Waals surface area (Å²) in [6, 6.07) is 5.17. The average Bonchev–Trinajstić information content (AvgIpc) is 3.43. The van der Waals surface area contributed by atoms with E-state index in [1.165, 1.54) is 6.07 Å². The molecule has 0 spiro atoms. The molecular formula is C19H22F3N9. The first-order valence-electron chi connectivity index (χ1n) is 10.3. The van der Waals surface area contributed by atoms with Crippen LogP contribution in [-0.2, 0) is 6.18 Å². The summed E-state index contributed by atoms with van der Waals surface area (Å²) in [6.45, 7) is 6.53. The molecule has 31 heavy (non-hydrogen) atoms. The van der Waals surface area contributed by atoms with Crippen LogP contribution in [0.5, 0.6) is 0 Å². The van der Waals surface area contributed by atoms with Crippen molar-refractivity contribution in [1.82, 2.24) is 29.8 Å². The third kappa shape index (κ3) is 3.81. The lowest BCUT2D eigenvalue weighted by atomic mass is 10.3. The smallest absolute Gasteiger partial charge is 0.353 e. The first-order valence-corrected chi connectivity index (χ1v) is 10.3. The van der Waals surface area contributed by atoms with Crippen LogP contribution in [0.1, 0.15) is 24.4 Å². The van der Waals surface area contributed by atoms with E-state index in [1.807, 2.05) is 17.9 Å². The molecular weight excluding hydrogens is 411 g/mol. The van der Waals surface area contributed by atoms with Crippen LogP contribution in [0.3, 0.4) is 0 Å². The van der Waals surface area contributed by atoms with Crippen molar-refractivity contribution >= 4 is 23.2 Å². The van der Waals surface area contributed by atoms with Gasteiger partial charge in [-0.3, -0.25) is 0 Å². The molecule has 3 aromatic heterocycles. The summed E-state index contributed by atoms with van der Waals surface area (Å²) in [5.74, 6) is 1.01. The molecule has 0 atom stereocenters. The molecule has 0 N–H and O–H groups in total. The van der Waals surface area contributed by atoms with E-state index in [1.54, 1.807) is 6.07 Å². The van der Waals surface area contributed by atoms with Crippen molar-refractivity contribution < 1.29 is 13.2 Å². The van der Waals surface area contributed by atoms with Gasteiger partial charge in [0.15, 0.2) is 5.65 Å². The van der Waals surface area contributed by atoms with E-state index in [0.29, 0.717) is 32.0 Å². The van der Waals surface area contributed by atoms with Gasteiger partial charge < -0.3 is 14.7 Å². The van der Waals surface area contributed by atoms with Gasteiger partial charge in [0.1, 0.15) is 11.6 Å². The summed E-state index contributed by atoms with van der Waals surface area (Å²) in [6.07, 6.45) is -2.29. The summed E-state index contributed by atoms with van der Waals surface area (Å²) in [7, 11) is 0. The molecule has 0 unspecified atom stereocenters. The van der Waals surface area contributed by atoms with E-state index in [-0.39, 0.29) is 5.65 Å². The van der Waals surface area contributed by atoms with E-state index >= 15 is 0 Å². The molecule has 2 saturated heterocycles. The van der Waals surface area contributed by atoms with Gasteiger partial charge in [-0.2, -0.15) is 22.7 Å². The third-order valence-corrected chi connectivity index (χ3v) is 5.65. The van der Waals surface area contributed by atoms with Crippen LogP contribution < -0.4 is 14.7 Å². The van der Waals surface area contributed by atoms with Crippen molar-refractivity contribution in [1.29, 1.82) is 0 Å². The second kappa shape index (κ2) is 7.50. The monoisotopic (exact) mass is 433 g/mol. The maximum atomic E-state index is 13.1. The van der Waals surface area contributed by atoms with Crippen LogP contribution in [0.4, 0.5) is 30.8 Å². The molecule has 3 aromatic rings. The van der Waals surface area contributed by atoms with Crippen LogP contribution >= 0.6 is 0 Å². The number of alkyl halides is 3. The number of aromatic nitrogens is 6. The van der Waals surface area contributed by atoms with Gasteiger partial charge in [0.05, 0.1) is 0 Å². The number of nitrogens with zero attached hydrogens (tertiary/aromatic N) is 9. The molecule has 12 heteroatoms. The first kappa shape index (κ1) is 19.8. The Labute approximate surface area is 176 Å². The summed E-state index contributed by atoms with van der Waals surface area (Å²) in [5.41, 5.74) is 0.995. The van der Waals surface area contributed by atoms with Gasteiger partial charge in [-0.15, -0.1) is 15.3 Å². The molecule has 0 radical (unpaired) electrons. The minimum absolute atomic E-state index is 0.0700. The van der Waals surface area contributed by atoms with Gasteiger partial charge in [-0.25, -0.2) is 4.98 Å². The number of fused-ring (bicyclic) bond motifs is 1. The lowest BCUT2D eigenvalue weighted by Crippen LogP contribution is -2.47. The maximum absolute atomic E-state index is 13.1. The molecule has 0 aliphatic carbocycles. The van der Waals surface area contributed by atoms with Gasteiger partial charge in [0, 0.05) is 51.0 Å². The summed E-state index contributed by atoms with van der Waals surface area (Å²) in [4.78, 5) is 15.7. The summed E-state index contributed by atoms with van der Waals surface area (Å²) < 4.78 is 40.2. The third-order valence-electron chi connectivity index (χ3n) is 5.65. The summed E-state index contributed by atoms with van der Waals surface area (Å²) in [5, 5.41) is 10.9. The molecule has 2 aliphatic rings. The van der Waals surface area contributed by atoms with Crippen molar-refractivity contribution in [2.75, 3.05) is 54.0 Å². The predicted octanol–water partition coefficient (Wildman–Crippen LogP) is 2.17. The van der Waals surface area contributed by atoms with E-state index in [0.717, 1.165) is 47.9 Å². The molecule has 9 nitrogen and oxygen atoms in total. The van der Waals surface area contributed by atoms with Gasteiger partial charge in [0.2, 0.25) is 5.95 Å². The van der Waals surface area contributed by atoms with Crippen LogP contribution in [0.2, 0.25) is 0 Å². The second-order valence-corrected chi connectivity index (χ2v) is 7.82. The number of hydrogen-bond donors (Lipinski definition) is 0. The Morgan fingerprint density at radius 2 is 1.48 bits per heavy atom. The Bertz CT molecular complexity index is 1080. The number of rotatable bonds is 3. The zero-order chi connectivity index (χ0) is 21.6. The molecule has 0 bridgehead atoms. The fourth-order valence-corrected chi connectivity index (χ4v) is 4.05. The largest absolute Gasteiger partial charge is 0.453 e. The van der Waals surface area contributed by atoms with Crippen molar-refractivity contribution in [3.63, 3.8) is 0 Å². The number of piperazine rings is 1. The maximum Gasteiger partial charge on any atom is 0.453 e. The van der Waals surface area contributed by atoms with Crippen LogP contribution in [0, 0.1) is 6.92 Å². The molecule has 0 aromatic carbocycles. The molecule has 5 heterocycles. The minimum Gasteiger partial charge on any atom is -0.353 e. The van der Waals surface area contributed by atoms with Gasteiger partial charge in [-0.05, 0) is 31.9 Å². The molecule has 164 valence electrons. The second-order valence-electron chi connectivity index (χ2n) is 7.82. The normalized spacial score (nSPS) is 17.7. The number of halogens is 3. The topological polar surface area (TPSA) is 78.6 Å². The average molecular weight is 433 g/mol. The number of hydrogen-bond acceptors (Lipinski definition) is 8. The zero-order valence-corrected chi connectivity index (χ0v) is 17.0.